The number of aryl methyl sites for hydroxylation is 1. The fourth-order valence-electron chi connectivity index (χ4n) is 3.15. The van der Waals surface area contributed by atoms with E-state index in [4.69, 9.17) is 0 Å². The summed E-state index contributed by atoms with van der Waals surface area (Å²) in [6.45, 7) is 3.19. The van der Waals surface area contributed by atoms with Crippen molar-refractivity contribution in [3.63, 3.8) is 0 Å². The molecule has 0 saturated heterocycles. The van der Waals surface area contributed by atoms with Crippen LogP contribution in [0.3, 0.4) is 0 Å². The maximum atomic E-state index is 12.7. The predicted molar refractivity (Wildman–Crippen MR) is 106 cm³/mol. The van der Waals surface area contributed by atoms with Crippen molar-refractivity contribution in [3.05, 3.63) is 70.2 Å². The Morgan fingerprint density at radius 3 is 2.96 bits per heavy atom. The molecular weight excluding hydrogens is 374 g/mol. The molecule has 0 spiro atoms. The molecule has 0 atom stereocenters. The first kappa shape index (κ1) is 18.2. The second-order valence-electron chi connectivity index (χ2n) is 6.66. The van der Waals surface area contributed by atoms with Crippen LogP contribution in [0.4, 0.5) is 5.13 Å². The van der Waals surface area contributed by atoms with Gasteiger partial charge in [-0.25, -0.2) is 9.97 Å². The molecule has 0 bridgehead atoms. The molecule has 2 aromatic heterocycles. The molecule has 1 N–H and O–H groups in total. The van der Waals surface area contributed by atoms with E-state index < -0.39 is 0 Å². The van der Waals surface area contributed by atoms with Crippen molar-refractivity contribution in [2.75, 3.05) is 11.9 Å². The van der Waals surface area contributed by atoms with Gasteiger partial charge in [0.05, 0.1) is 24.9 Å². The summed E-state index contributed by atoms with van der Waals surface area (Å²) in [5.74, 6) is -0.235. The minimum Gasteiger partial charge on any atom is -0.337 e. The van der Waals surface area contributed by atoms with Gasteiger partial charge in [-0.3, -0.25) is 19.9 Å². The van der Waals surface area contributed by atoms with Gasteiger partial charge < -0.3 is 4.90 Å². The number of nitrogens with zero attached hydrogens (tertiary/aromatic N) is 4. The largest absolute Gasteiger partial charge is 0.337 e. The van der Waals surface area contributed by atoms with Crippen LogP contribution in [-0.4, -0.2) is 38.2 Å². The van der Waals surface area contributed by atoms with Crippen LogP contribution < -0.4 is 5.32 Å². The van der Waals surface area contributed by atoms with Gasteiger partial charge in [0.15, 0.2) is 5.13 Å². The van der Waals surface area contributed by atoms with E-state index in [1.807, 2.05) is 36.1 Å². The lowest BCUT2D eigenvalue weighted by Crippen LogP contribution is -2.36. The summed E-state index contributed by atoms with van der Waals surface area (Å²) in [6.07, 6.45) is 5.48. The molecule has 28 heavy (non-hydrogen) atoms. The van der Waals surface area contributed by atoms with Gasteiger partial charge in [0.25, 0.3) is 5.91 Å². The zero-order valence-electron chi connectivity index (χ0n) is 15.4. The highest BCUT2D eigenvalue weighted by Crippen LogP contribution is 2.29. The van der Waals surface area contributed by atoms with E-state index in [1.165, 1.54) is 29.9 Å². The molecule has 0 aliphatic carbocycles. The molecule has 142 valence electrons. The second kappa shape index (κ2) is 7.85. The normalized spacial score (nSPS) is 13.1. The van der Waals surface area contributed by atoms with Gasteiger partial charge in [-0.05, 0) is 12.5 Å². The minimum atomic E-state index is -0.341. The van der Waals surface area contributed by atoms with Gasteiger partial charge in [0, 0.05) is 30.2 Å². The molecule has 0 unspecified atom stereocenters. The third kappa shape index (κ3) is 4.07. The zero-order valence-corrected chi connectivity index (χ0v) is 16.2. The number of carbonyl (C=O) groups excluding carboxylic acids is 2. The molecule has 3 aromatic rings. The maximum absolute atomic E-state index is 12.7. The van der Waals surface area contributed by atoms with Crippen LogP contribution in [0.2, 0.25) is 0 Å². The summed E-state index contributed by atoms with van der Waals surface area (Å²) < 4.78 is 0. The van der Waals surface area contributed by atoms with Gasteiger partial charge in [-0.1, -0.05) is 41.2 Å². The molecule has 3 heterocycles. The number of fused-ring (bicyclic) bond motifs is 1. The summed E-state index contributed by atoms with van der Waals surface area (Å²) in [6, 6.07) is 8.02. The van der Waals surface area contributed by atoms with Gasteiger partial charge in [-0.2, -0.15) is 0 Å². The van der Waals surface area contributed by atoms with Crippen LogP contribution in [0.15, 0.2) is 42.9 Å². The number of amides is 2. The fraction of sp³-hybridized carbons (Fsp3) is 0.250. The first-order chi connectivity index (χ1) is 13.6. The number of aromatic nitrogens is 3. The molecule has 0 fully saturated rings. The molecule has 1 aromatic carbocycles. The number of carbonyl (C=O) groups is 2. The standard InChI is InChI=1S/C20H19N5O2S/c1-13-3-2-4-14(9-13)10-18(26)25-8-5-15-17(12-25)28-20(23-15)24-19(27)16-11-21-6-7-22-16/h2-4,6-7,9,11H,5,8,10,12H2,1H3,(H,23,24,27). The topological polar surface area (TPSA) is 88.1 Å². The average Bonchev–Trinajstić information content (AvgIpc) is 3.10. The summed E-state index contributed by atoms with van der Waals surface area (Å²) in [4.78, 5) is 40.2. The summed E-state index contributed by atoms with van der Waals surface area (Å²) in [5.41, 5.74) is 3.36. The highest BCUT2D eigenvalue weighted by atomic mass is 32.1. The Labute approximate surface area is 166 Å². The molecule has 7 nitrogen and oxygen atoms in total. The quantitative estimate of drug-likeness (QED) is 0.736. The SMILES string of the molecule is Cc1cccc(CC(=O)N2CCc3nc(NC(=O)c4cnccn4)sc3C2)c1. The molecule has 2 amide bonds. The lowest BCUT2D eigenvalue weighted by atomic mass is 10.1. The third-order valence-electron chi connectivity index (χ3n) is 4.54. The average molecular weight is 393 g/mol. The lowest BCUT2D eigenvalue weighted by molar-refractivity contribution is -0.131. The number of benzene rings is 1. The molecule has 1 aliphatic rings. The Bertz CT molecular complexity index is 1020. The van der Waals surface area contributed by atoms with Crippen LogP contribution in [0.1, 0.15) is 32.2 Å². The first-order valence-electron chi connectivity index (χ1n) is 8.98. The Morgan fingerprint density at radius 1 is 1.29 bits per heavy atom. The maximum Gasteiger partial charge on any atom is 0.277 e. The van der Waals surface area contributed by atoms with Crippen molar-refractivity contribution >= 4 is 28.3 Å². The van der Waals surface area contributed by atoms with Gasteiger partial charge >= 0.3 is 0 Å². The number of anilines is 1. The van der Waals surface area contributed by atoms with E-state index in [1.54, 1.807) is 0 Å². The van der Waals surface area contributed by atoms with E-state index in [0.717, 1.165) is 21.7 Å². The summed E-state index contributed by atoms with van der Waals surface area (Å²) in [5, 5.41) is 3.29. The number of hydrogen-bond donors (Lipinski definition) is 1. The van der Waals surface area contributed by atoms with Crippen molar-refractivity contribution < 1.29 is 9.59 Å². The van der Waals surface area contributed by atoms with Gasteiger partial charge in [0.1, 0.15) is 5.69 Å². The molecule has 0 saturated carbocycles. The van der Waals surface area contributed by atoms with Gasteiger partial charge in [0.2, 0.25) is 5.91 Å². The Morgan fingerprint density at radius 2 is 2.18 bits per heavy atom. The van der Waals surface area contributed by atoms with Crippen LogP contribution in [0.25, 0.3) is 0 Å². The summed E-state index contributed by atoms with van der Waals surface area (Å²) >= 11 is 1.40. The number of hydrogen-bond acceptors (Lipinski definition) is 6. The van der Waals surface area contributed by atoms with Gasteiger partial charge in [-0.15, -0.1) is 0 Å². The lowest BCUT2D eigenvalue weighted by Gasteiger charge is -2.26. The van der Waals surface area contributed by atoms with E-state index in [0.29, 0.717) is 31.1 Å². The first-order valence-corrected chi connectivity index (χ1v) is 9.79. The van der Waals surface area contributed by atoms with Crippen LogP contribution in [0, 0.1) is 6.92 Å². The highest BCUT2D eigenvalue weighted by molar-refractivity contribution is 7.15. The number of rotatable bonds is 4. The molecule has 0 radical (unpaired) electrons. The Hall–Kier alpha value is -3.13. The van der Waals surface area contributed by atoms with Crippen molar-refractivity contribution in [2.24, 2.45) is 0 Å². The van der Waals surface area contributed by atoms with Crippen LogP contribution >= 0.6 is 11.3 Å². The Kier molecular flexibility index (Phi) is 5.12. The molecule has 4 rings (SSSR count). The molecular formula is C20H19N5O2S. The molecule has 8 heteroatoms. The number of thiazole rings is 1. The Balaban J connectivity index is 1.41. The minimum absolute atomic E-state index is 0.106. The van der Waals surface area contributed by atoms with Crippen molar-refractivity contribution in [1.82, 2.24) is 19.9 Å². The van der Waals surface area contributed by atoms with E-state index in [2.05, 4.69) is 20.3 Å². The predicted octanol–water partition coefficient (Wildman–Crippen LogP) is 2.62. The van der Waals surface area contributed by atoms with Crippen molar-refractivity contribution in [1.29, 1.82) is 0 Å². The van der Waals surface area contributed by atoms with Crippen LogP contribution in [-0.2, 0) is 24.2 Å². The number of nitrogens with one attached hydrogen (secondary N) is 1. The van der Waals surface area contributed by atoms with Crippen LogP contribution in [0.5, 0.6) is 0 Å². The third-order valence-corrected chi connectivity index (χ3v) is 5.54. The van der Waals surface area contributed by atoms with Crippen molar-refractivity contribution in [2.45, 2.75) is 26.3 Å². The second-order valence-corrected chi connectivity index (χ2v) is 7.75. The monoisotopic (exact) mass is 393 g/mol. The zero-order chi connectivity index (χ0) is 19.5. The fourth-order valence-corrected chi connectivity index (χ4v) is 4.17. The molecule has 1 aliphatic heterocycles. The van der Waals surface area contributed by atoms with Crippen molar-refractivity contribution in [3.8, 4) is 0 Å². The summed E-state index contributed by atoms with van der Waals surface area (Å²) in [7, 11) is 0. The smallest absolute Gasteiger partial charge is 0.277 e. The van der Waals surface area contributed by atoms with E-state index >= 15 is 0 Å². The van der Waals surface area contributed by atoms with E-state index in [-0.39, 0.29) is 17.5 Å². The van der Waals surface area contributed by atoms with E-state index in [9.17, 15) is 9.59 Å². The highest BCUT2D eigenvalue weighted by Gasteiger charge is 2.25.